The summed E-state index contributed by atoms with van der Waals surface area (Å²) in [6, 6.07) is 4.15. The molecule has 1 aromatic heterocycles. The number of aromatic nitrogens is 2. The van der Waals surface area contributed by atoms with Crippen LogP contribution in [0.5, 0.6) is 0 Å². The number of anilines is 3. The SMILES string of the molecule is O=[N+]([O-])c1c(NCCCN2CCOCC2)ncnc1Nc1ccc(C(F)(F)F)cc1. The van der Waals surface area contributed by atoms with Crippen molar-refractivity contribution in [1.29, 1.82) is 0 Å². The van der Waals surface area contributed by atoms with Crippen molar-refractivity contribution in [1.82, 2.24) is 14.9 Å². The monoisotopic (exact) mass is 426 g/mol. The molecule has 0 spiro atoms. The molecular weight excluding hydrogens is 405 g/mol. The number of nitrogens with zero attached hydrogens (tertiary/aromatic N) is 4. The third-order valence-corrected chi connectivity index (χ3v) is 4.53. The zero-order valence-corrected chi connectivity index (χ0v) is 16.0. The highest BCUT2D eigenvalue weighted by Crippen LogP contribution is 2.33. The Morgan fingerprint density at radius 1 is 1.13 bits per heavy atom. The van der Waals surface area contributed by atoms with Gasteiger partial charge in [0.05, 0.1) is 23.7 Å². The van der Waals surface area contributed by atoms with Gasteiger partial charge in [-0.1, -0.05) is 0 Å². The van der Waals surface area contributed by atoms with E-state index in [1.807, 2.05) is 0 Å². The lowest BCUT2D eigenvalue weighted by molar-refractivity contribution is -0.383. The third-order valence-electron chi connectivity index (χ3n) is 4.53. The molecule has 2 heterocycles. The molecule has 0 bridgehead atoms. The van der Waals surface area contributed by atoms with E-state index in [4.69, 9.17) is 4.74 Å². The predicted octanol–water partition coefficient (Wildman–Crippen LogP) is 3.28. The molecule has 1 aliphatic heterocycles. The normalized spacial score (nSPS) is 15.0. The molecule has 2 aromatic rings. The standard InChI is InChI=1S/C18H21F3N6O3/c19-18(20,21)13-2-4-14(5-3-13)25-17-15(27(28)29)16(23-12-24-17)22-6-1-7-26-8-10-30-11-9-26/h2-5,12H,1,6-11H2,(H2,22,23,24,25). The summed E-state index contributed by atoms with van der Waals surface area (Å²) in [7, 11) is 0. The summed E-state index contributed by atoms with van der Waals surface area (Å²) in [5, 5.41) is 17.2. The average molecular weight is 426 g/mol. The molecule has 2 N–H and O–H groups in total. The van der Waals surface area contributed by atoms with Gasteiger partial charge in [0, 0.05) is 25.3 Å². The van der Waals surface area contributed by atoms with Crippen LogP contribution in [0.4, 0.5) is 36.2 Å². The van der Waals surface area contributed by atoms with E-state index in [1.54, 1.807) is 0 Å². The molecular formula is C18H21F3N6O3. The van der Waals surface area contributed by atoms with Gasteiger partial charge in [-0.2, -0.15) is 13.2 Å². The number of rotatable bonds is 8. The summed E-state index contributed by atoms with van der Waals surface area (Å²) in [5.41, 5.74) is -0.945. The van der Waals surface area contributed by atoms with Gasteiger partial charge in [0.15, 0.2) is 0 Å². The summed E-state index contributed by atoms with van der Waals surface area (Å²) in [6.07, 6.45) is -2.55. The number of morpholine rings is 1. The van der Waals surface area contributed by atoms with Crippen LogP contribution in [0.15, 0.2) is 30.6 Å². The molecule has 30 heavy (non-hydrogen) atoms. The minimum absolute atomic E-state index is 0.0476. The van der Waals surface area contributed by atoms with Crippen LogP contribution in [0.2, 0.25) is 0 Å². The smallest absolute Gasteiger partial charge is 0.379 e. The van der Waals surface area contributed by atoms with Gasteiger partial charge < -0.3 is 15.4 Å². The second kappa shape index (κ2) is 9.67. The molecule has 162 valence electrons. The maximum Gasteiger partial charge on any atom is 0.416 e. The Morgan fingerprint density at radius 3 is 2.43 bits per heavy atom. The van der Waals surface area contributed by atoms with Crippen molar-refractivity contribution in [3.8, 4) is 0 Å². The average Bonchev–Trinajstić information content (AvgIpc) is 2.71. The molecule has 0 radical (unpaired) electrons. The number of hydrogen-bond donors (Lipinski definition) is 2. The number of nitrogens with one attached hydrogen (secondary N) is 2. The molecule has 0 unspecified atom stereocenters. The van der Waals surface area contributed by atoms with Crippen molar-refractivity contribution in [2.75, 3.05) is 50.0 Å². The van der Waals surface area contributed by atoms with Gasteiger partial charge in [-0.05, 0) is 37.2 Å². The zero-order valence-electron chi connectivity index (χ0n) is 16.0. The van der Waals surface area contributed by atoms with Crippen LogP contribution in [0.25, 0.3) is 0 Å². The quantitative estimate of drug-likeness (QED) is 0.376. The number of nitro groups is 1. The lowest BCUT2D eigenvalue weighted by atomic mass is 10.2. The van der Waals surface area contributed by atoms with Gasteiger partial charge in [0.25, 0.3) is 0 Å². The van der Waals surface area contributed by atoms with Crippen molar-refractivity contribution >= 4 is 23.0 Å². The first kappa shape index (κ1) is 21.7. The summed E-state index contributed by atoms with van der Waals surface area (Å²) >= 11 is 0. The number of halogens is 3. The molecule has 0 atom stereocenters. The Morgan fingerprint density at radius 2 is 1.80 bits per heavy atom. The van der Waals surface area contributed by atoms with Crippen LogP contribution in [-0.4, -0.2) is 59.2 Å². The molecule has 3 rings (SSSR count). The fraction of sp³-hybridized carbons (Fsp3) is 0.444. The molecule has 1 aliphatic rings. The molecule has 1 saturated heterocycles. The van der Waals surface area contributed by atoms with Crippen molar-refractivity contribution in [2.24, 2.45) is 0 Å². The van der Waals surface area contributed by atoms with Crippen molar-refractivity contribution in [3.05, 3.63) is 46.3 Å². The predicted molar refractivity (Wildman–Crippen MR) is 104 cm³/mol. The van der Waals surface area contributed by atoms with E-state index >= 15 is 0 Å². The highest BCUT2D eigenvalue weighted by atomic mass is 19.4. The third kappa shape index (κ3) is 5.76. The van der Waals surface area contributed by atoms with E-state index < -0.39 is 16.7 Å². The molecule has 0 saturated carbocycles. The van der Waals surface area contributed by atoms with Crippen LogP contribution in [-0.2, 0) is 10.9 Å². The Labute approximate surface area is 170 Å². The fourth-order valence-corrected chi connectivity index (χ4v) is 2.99. The molecule has 1 fully saturated rings. The summed E-state index contributed by atoms with van der Waals surface area (Å²) in [6.45, 7) is 4.40. The second-order valence-corrected chi connectivity index (χ2v) is 6.61. The number of hydrogen-bond acceptors (Lipinski definition) is 8. The number of benzene rings is 1. The number of alkyl halides is 3. The van der Waals surface area contributed by atoms with Crippen molar-refractivity contribution in [2.45, 2.75) is 12.6 Å². The maximum absolute atomic E-state index is 12.7. The zero-order chi connectivity index (χ0) is 21.6. The van der Waals surface area contributed by atoms with Gasteiger partial charge >= 0.3 is 11.9 Å². The van der Waals surface area contributed by atoms with Gasteiger partial charge in [-0.15, -0.1) is 0 Å². The fourth-order valence-electron chi connectivity index (χ4n) is 2.99. The Bertz CT molecular complexity index is 857. The Kier molecular flexibility index (Phi) is 7.00. The van der Waals surface area contributed by atoms with Crippen LogP contribution in [0, 0.1) is 10.1 Å². The summed E-state index contributed by atoms with van der Waals surface area (Å²) < 4.78 is 43.4. The van der Waals surface area contributed by atoms with Crippen LogP contribution in [0.3, 0.4) is 0 Å². The van der Waals surface area contributed by atoms with E-state index in [1.165, 1.54) is 12.1 Å². The van der Waals surface area contributed by atoms with Crippen molar-refractivity contribution in [3.63, 3.8) is 0 Å². The lowest BCUT2D eigenvalue weighted by Gasteiger charge is -2.26. The van der Waals surface area contributed by atoms with Crippen LogP contribution < -0.4 is 10.6 Å². The van der Waals surface area contributed by atoms with Crippen molar-refractivity contribution < 1.29 is 22.8 Å². The molecule has 0 aliphatic carbocycles. The van der Waals surface area contributed by atoms with E-state index in [2.05, 4.69) is 25.5 Å². The highest BCUT2D eigenvalue weighted by molar-refractivity contribution is 5.73. The van der Waals surface area contributed by atoms with Gasteiger partial charge in [-0.3, -0.25) is 15.0 Å². The van der Waals surface area contributed by atoms with E-state index in [9.17, 15) is 23.3 Å². The lowest BCUT2D eigenvalue weighted by Crippen LogP contribution is -2.37. The van der Waals surface area contributed by atoms with E-state index in [-0.39, 0.29) is 23.0 Å². The molecule has 0 amide bonds. The number of ether oxygens (including phenoxy) is 1. The van der Waals surface area contributed by atoms with Gasteiger partial charge in [0.2, 0.25) is 11.6 Å². The molecule has 9 nitrogen and oxygen atoms in total. The van der Waals surface area contributed by atoms with E-state index in [0.717, 1.165) is 44.5 Å². The van der Waals surface area contributed by atoms with Gasteiger partial charge in [0.1, 0.15) is 6.33 Å². The second-order valence-electron chi connectivity index (χ2n) is 6.61. The molecule has 1 aromatic carbocycles. The molecule has 12 heteroatoms. The first-order valence-electron chi connectivity index (χ1n) is 9.32. The topological polar surface area (TPSA) is 105 Å². The summed E-state index contributed by atoms with van der Waals surface area (Å²) in [4.78, 5) is 21.0. The Balaban J connectivity index is 1.65. The van der Waals surface area contributed by atoms with Crippen LogP contribution in [0.1, 0.15) is 12.0 Å². The first-order valence-corrected chi connectivity index (χ1v) is 9.32. The minimum Gasteiger partial charge on any atom is -0.379 e. The first-order chi connectivity index (χ1) is 14.3. The van der Waals surface area contributed by atoms with Crippen LogP contribution >= 0.6 is 0 Å². The highest BCUT2D eigenvalue weighted by Gasteiger charge is 2.30. The maximum atomic E-state index is 12.7. The summed E-state index contributed by atoms with van der Waals surface area (Å²) in [5.74, 6) is -0.0585. The largest absolute Gasteiger partial charge is 0.416 e. The minimum atomic E-state index is -4.46. The van der Waals surface area contributed by atoms with Gasteiger partial charge in [-0.25, -0.2) is 9.97 Å². The Hall–Kier alpha value is -2.99. The van der Waals surface area contributed by atoms with E-state index in [0.29, 0.717) is 19.8 Å².